The van der Waals surface area contributed by atoms with Crippen LogP contribution in [-0.4, -0.2) is 51.8 Å². The Balaban J connectivity index is 2.08. The molecule has 36 heavy (non-hydrogen) atoms. The number of methoxy groups -OCH3 is 1. The standard InChI is InChI=1S/C21H28F3N5O6S/c1-10-13(9-28(17(25)31)26-18(32)35-20(2,3)4)36-16-14(10)15(30)29(12-8-11(12)21(22,23)24)19(33)27(16)6-7-34-5/h11-12H,6-9H2,1-5H3,(H2,25,31)(H,26,32). The average molecular weight is 536 g/mol. The lowest BCUT2D eigenvalue weighted by molar-refractivity contribution is -0.150. The summed E-state index contributed by atoms with van der Waals surface area (Å²) in [5, 5.41) is 0.836. The lowest BCUT2D eigenvalue weighted by Crippen LogP contribution is -2.49. The van der Waals surface area contributed by atoms with Crippen LogP contribution in [0.25, 0.3) is 10.2 Å². The predicted octanol–water partition coefficient (Wildman–Crippen LogP) is 2.62. The number of halogens is 3. The number of aromatic nitrogens is 2. The van der Waals surface area contributed by atoms with E-state index in [2.05, 4.69) is 5.43 Å². The largest absolute Gasteiger partial charge is 0.443 e. The molecule has 2 aromatic rings. The zero-order valence-corrected chi connectivity index (χ0v) is 21.2. The second-order valence-electron chi connectivity index (χ2n) is 9.42. The minimum Gasteiger partial charge on any atom is -0.443 e. The van der Waals surface area contributed by atoms with E-state index in [0.717, 1.165) is 16.3 Å². The molecule has 0 aromatic carbocycles. The van der Waals surface area contributed by atoms with Gasteiger partial charge in [-0.1, -0.05) is 0 Å². The van der Waals surface area contributed by atoms with Gasteiger partial charge in [0.2, 0.25) is 0 Å². The van der Waals surface area contributed by atoms with Gasteiger partial charge in [0, 0.05) is 12.0 Å². The van der Waals surface area contributed by atoms with Crippen LogP contribution in [0.15, 0.2) is 9.59 Å². The van der Waals surface area contributed by atoms with Crippen LogP contribution < -0.4 is 22.4 Å². The molecule has 0 saturated heterocycles. The SMILES string of the molecule is COCCn1c(=O)n(C2CC2C(F)(F)F)c(=O)c2c(C)c(CN(NC(=O)OC(C)(C)C)C(N)=O)sc21. The van der Waals surface area contributed by atoms with Crippen LogP contribution in [0.2, 0.25) is 0 Å². The van der Waals surface area contributed by atoms with Crippen LogP contribution in [0.5, 0.6) is 0 Å². The molecule has 3 amide bonds. The third-order valence-electron chi connectivity index (χ3n) is 5.56. The molecule has 11 nitrogen and oxygen atoms in total. The molecule has 2 aromatic heterocycles. The van der Waals surface area contributed by atoms with Crippen molar-refractivity contribution in [3.05, 3.63) is 31.3 Å². The van der Waals surface area contributed by atoms with Gasteiger partial charge < -0.3 is 15.2 Å². The Morgan fingerprint density at radius 1 is 1.25 bits per heavy atom. The van der Waals surface area contributed by atoms with Crippen molar-refractivity contribution in [2.24, 2.45) is 11.7 Å². The molecular weight excluding hydrogens is 507 g/mol. The van der Waals surface area contributed by atoms with Crippen molar-refractivity contribution in [1.29, 1.82) is 0 Å². The summed E-state index contributed by atoms with van der Waals surface area (Å²) in [6.07, 6.45) is -5.83. The number of fused-ring (bicyclic) bond motifs is 1. The van der Waals surface area contributed by atoms with E-state index in [9.17, 15) is 32.3 Å². The van der Waals surface area contributed by atoms with Gasteiger partial charge in [0.1, 0.15) is 10.4 Å². The fourth-order valence-corrected chi connectivity index (χ4v) is 5.08. The van der Waals surface area contributed by atoms with E-state index in [1.165, 1.54) is 11.7 Å². The molecule has 0 bridgehead atoms. The van der Waals surface area contributed by atoms with E-state index in [1.807, 2.05) is 0 Å². The van der Waals surface area contributed by atoms with Crippen LogP contribution in [0.3, 0.4) is 0 Å². The maximum Gasteiger partial charge on any atom is 0.426 e. The zero-order chi connectivity index (χ0) is 27.2. The van der Waals surface area contributed by atoms with Gasteiger partial charge in [0.15, 0.2) is 0 Å². The number of aryl methyl sites for hydroxylation is 1. The summed E-state index contributed by atoms with van der Waals surface area (Å²) in [4.78, 5) is 51.2. The predicted molar refractivity (Wildman–Crippen MR) is 125 cm³/mol. The smallest absolute Gasteiger partial charge is 0.426 e. The van der Waals surface area contributed by atoms with Gasteiger partial charge in [-0.25, -0.2) is 24.8 Å². The number of urea groups is 1. The van der Waals surface area contributed by atoms with E-state index >= 15 is 0 Å². The summed E-state index contributed by atoms with van der Waals surface area (Å²) in [7, 11) is 1.40. The molecule has 1 aliphatic carbocycles. The molecule has 200 valence electrons. The Labute approximate surface area is 207 Å². The van der Waals surface area contributed by atoms with Crippen molar-refractivity contribution in [3.63, 3.8) is 0 Å². The van der Waals surface area contributed by atoms with Crippen molar-refractivity contribution in [2.75, 3.05) is 13.7 Å². The Morgan fingerprint density at radius 2 is 1.89 bits per heavy atom. The highest BCUT2D eigenvalue weighted by atomic mass is 32.1. The van der Waals surface area contributed by atoms with E-state index in [0.29, 0.717) is 15.0 Å². The van der Waals surface area contributed by atoms with Gasteiger partial charge in [-0.05, 0) is 39.7 Å². The quantitative estimate of drug-likeness (QED) is 0.546. The van der Waals surface area contributed by atoms with Gasteiger partial charge in [0.25, 0.3) is 5.56 Å². The summed E-state index contributed by atoms with van der Waals surface area (Å²) < 4.78 is 51.7. The molecule has 1 aliphatic rings. The third-order valence-corrected chi connectivity index (χ3v) is 6.86. The van der Waals surface area contributed by atoms with Gasteiger partial charge in [0.05, 0.1) is 37.0 Å². The van der Waals surface area contributed by atoms with Crippen LogP contribution in [0.4, 0.5) is 22.8 Å². The summed E-state index contributed by atoms with van der Waals surface area (Å²) in [5.74, 6) is -1.78. The van der Waals surface area contributed by atoms with E-state index < -0.39 is 47.1 Å². The number of hydrazine groups is 1. The number of carbonyl (C=O) groups is 2. The molecular formula is C21H28F3N5O6S. The van der Waals surface area contributed by atoms with Crippen LogP contribution >= 0.6 is 11.3 Å². The Bertz CT molecular complexity index is 1290. The number of carbonyl (C=O) groups excluding carboxylic acids is 2. The number of alkyl halides is 3. The fourth-order valence-electron chi connectivity index (χ4n) is 3.78. The maximum absolute atomic E-state index is 13.3. The summed E-state index contributed by atoms with van der Waals surface area (Å²) >= 11 is 0.993. The first-order valence-corrected chi connectivity index (χ1v) is 11.8. The summed E-state index contributed by atoms with van der Waals surface area (Å²) in [6, 6.07) is -2.31. The number of nitrogens with two attached hydrogens (primary N) is 1. The minimum absolute atomic E-state index is 0.00932. The zero-order valence-electron chi connectivity index (χ0n) is 20.4. The van der Waals surface area contributed by atoms with Crippen molar-refractivity contribution >= 4 is 33.7 Å². The van der Waals surface area contributed by atoms with Crippen molar-refractivity contribution in [2.45, 2.75) is 65.0 Å². The maximum atomic E-state index is 13.3. The van der Waals surface area contributed by atoms with Crippen LogP contribution in [0, 0.1) is 12.8 Å². The highest BCUT2D eigenvalue weighted by molar-refractivity contribution is 7.18. The van der Waals surface area contributed by atoms with Crippen LogP contribution in [0.1, 0.15) is 43.7 Å². The molecule has 15 heteroatoms. The van der Waals surface area contributed by atoms with E-state index in [1.54, 1.807) is 27.7 Å². The number of primary amides is 1. The van der Waals surface area contributed by atoms with Gasteiger partial charge in [-0.2, -0.15) is 13.2 Å². The minimum atomic E-state index is -4.53. The molecule has 2 atom stereocenters. The number of amides is 3. The fraction of sp³-hybridized carbons (Fsp3) is 0.619. The van der Waals surface area contributed by atoms with Gasteiger partial charge in [-0.15, -0.1) is 11.3 Å². The lowest BCUT2D eigenvalue weighted by atomic mass is 10.2. The number of ether oxygens (including phenoxy) is 2. The normalized spacial score (nSPS) is 17.8. The molecule has 1 saturated carbocycles. The topological polar surface area (TPSA) is 138 Å². The number of thiophene rings is 1. The second-order valence-corrected chi connectivity index (χ2v) is 10.5. The first kappa shape index (κ1) is 27.5. The third kappa shape index (κ3) is 5.67. The highest BCUT2D eigenvalue weighted by Crippen LogP contribution is 2.52. The number of nitrogens with one attached hydrogen (secondary N) is 1. The second kappa shape index (κ2) is 9.76. The molecule has 2 unspecified atom stereocenters. The number of hydrogen-bond donors (Lipinski definition) is 2. The summed E-state index contributed by atoms with van der Waals surface area (Å²) in [5.41, 5.74) is 5.43. The van der Waals surface area contributed by atoms with Crippen LogP contribution in [-0.2, 0) is 22.6 Å². The average Bonchev–Trinajstić information content (AvgIpc) is 3.45. The van der Waals surface area contributed by atoms with Gasteiger partial charge >= 0.3 is 24.0 Å². The highest BCUT2D eigenvalue weighted by Gasteiger charge is 2.57. The number of hydrogen-bond acceptors (Lipinski definition) is 7. The Morgan fingerprint density at radius 3 is 2.39 bits per heavy atom. The number of rotatable bonds is 6. The molecule has 1 fully saturated rings. The first-order chi connectivity index (χ1) is 16.6. The molecule has 2 heterocycles. The molecule has 0 spiro atoms. The lowest BCUT2D eigenvalue weighted by Gasteiger charge is -2.24. The first-order valence-electron chi connectivity index (χ1n) is 11.0. The van der Waals surface area contributed by atoms with Crippen molar-refractivity contribution < 1.29 is 32.2 Å². The molecule has 0 aliphatic heterocycles. The Kier molecular flexibility index (Phi) is 7.46. The molecule has 3 rings (SSSR count). The van der Waals surface area contributed by atoms with E-state index in [-0.39, 0.29) is 36.3 Å². The Hall–Kier alpha value is -3.07. The molecule has 3 N–H and O–H groups in total. The molecule has 0 radical (unpaired) electrons. The monoisotopic (exact) mass is 535 g/mol. The van der Waals surface area contributed by atoms with Crippen molar-refractivity contribution in [3.8, 4) is 0 Å². The van der Waals surface area contributed by atoms with E-state index in [4.69, 9.17) is 15.2 Å². The van der Waals surface area contributed by atoms with Crippen molar-refractivity contribution in [1.82, 2.24) is 19.6 Å². The number of nitrogens with zero attached hydrogens (tertiary/aromatic N) is 3. The summed E-state index contributed by atoms with van der Waals surface area (Å²) in [6.45, 7) is 6.23. The van der Waals surface area contributed by atoms with Gasteiger partial charge in [-0.3, -0.25) is 13.9 Å².